The number of nitrogens with zero attached hydrogens (tertiary/aromatic N) is 2. The average Bonchev–Trinajstić information content (AvgIpc) is 2.77. The highest BCUT2D eigenvalue weighted by molar-refractivity contribution is 14.0. The first kappa shape index (κ1) is 27.0. The molecule has 0 saturated carbocycles. The van der Waals surface area contributed by atoms with Crippen LogP contribution < -0.4 is 24.3 Å². The van der Waals surface area contributed by atoms with Crippen molar-refractivity contribution in [2.45, 2.75) is 6.42 Å². The molecule has 172 valence electrons. The molecule has 0 bridgehead atoms. The van der Waals surface area contributed by atoms with Gasteiger partial charge in [0.15, 0.2) is 17.5 Å². The number of guanidine groups is 1. The lowest BCUT2D eigenvalue weighted by atomic mass is 10.1. The van der Waals surface area contributed by atoms with Gasteiger partial charge in [0.1, 0.15) is 12.4 Å². The number of nitrogens with one attached hydrogen (secondary N) is 1. The summed E-state index contributed by atoms with van der Waals surface area (Å²) in [5.74, 6) is 3.49. The molecule has 31 heavy (non-hydrogen) atoms. The molecule has 1 N–H and O–H groups in total. The quantitative estimate of drug-likeness (QED) is 0.267. The Labute approximate surface area is 206 Å². The highest BCUT2D eigenvalue weighted by atomic mass is 127. The van der Waals surface area contributed by atoms with E-state index in [1.807, 2.05) is 48.3 Å². The van der Waals surface area contributed by atoms with Gasteiger partial charge in [-0.15, -0.1) is 24.0 Å². The topological polar surface area (TPSA) is 64.6 Å². The third kappa shape index (κ3) is 7.84. The zero-order valence-electron chi connectivity index (χ0n) is 18.6. The van der Waals surface area contributed by atoms with Gasteiger partial charge in [0.05, 0.1) is 27.9 Å². The van der Waals surface area contributed by atoms with E-state index >= 15 is 0 Å². The minimum Gasteiger partial charge on any atom is -0.493 e. The van der Waals surface area contributed by atoms with Gasteiger partial charge in [-0.25, -0.2) is 0 Å². The number of hydrogen-bond acceptors (Lipinski definition) is 5. The first-order valence-corrected chi connectivity index (χ1v) is 9.99. The molecule has 0 radical (unpaired) electrons. The van der Waals surface area contributed by atoms with E-state index in [1.54, 1.807) is 28.4 Å². The fraction of sp³-hybridized carbons (Fsp3) is 0.409. The second-order valence-electron chi connectivity index (χ2n) is 6.44. The van der Waals surface area contributed by atoms with Crippen molar-refractivity contribution < 1.29 is 18.9 Å². The predicted octanol–water partition coefficient (Wildman–Crippen LogP) is 4.11. The van der Waals surface area contributed by atoms with Gasteiger partial charge in [-0.1, -0.05) is 17.7 Å². The van der Waals surface area contributed by atoms with Gasteiger partial charge in [-0.3, -0.25) is 4.99 Å². The number of likely N-dealkylation sites (N-methyl/N-ethyl adjacent to an activating group) is 1. The second-order valence-corrected chi connectivity index (χ2v) is 6.88. The van der Waals surface area contributed by atoms with Crippen molar-refractivity contribution in [1.29, 1.82) is 0 Å². The lowest BCUT2D eigenvalue weighted by Crippen LogP contribution is -2.41. The Hall–Kier alpha value is -2.07. The standard InChI is InChI=1S/C22H30ClN3O4.HI/c1-24-22(26(2)14-15-30-18-9-7-17(23)8-10-18)25-13-12-16-6-11-19(27-3)21(29-5)20(16)28-4;/h6-11H,12-15H2,1-5H3,(H,24,25);1H. The van der Waals surface area contributed by atoms with E-state index in [4.69, 9.17) is 30.5 Å². The molecule has 0 aliphatic heterocycles. The molecule has 0 saturated heterocycles. The molecular weight excluding hydrogens is 533 g/mol. The normalized spacial score (nSPS) is 10.7. The molecule has 0 aromatic heterocycles. The zero-order chi connectivity index (χ0) is 21.9. The Balaban J connectivity index is 0.00000480. The van der Waals surface area contributed by atoms with Crippen LogP contribution in [0.1, 0.15) is 5.56 Å². The predicted molar refractivity (Wildman–Crippen MR) is 136 cm³/mol. The second kappa shape index (κ2) is 14.1. The summed E-state index contributed by atoms with van der Waals surface area (Å²) in [6.45, 7) is 1.89. The van der Waals surface area contributed by atoms with E-state index in [0.29, 0.717) is 42.0 Å². The van der Waals surface area contributed by atoms with Crippen molar-refractivity contribution in [3.8, 4) is 23.0 Å². The van der Waals surface area contributed by atoms with Gasteiger partial charge < -0.3 is 29.2 Å². The molecule has 2 aromatic rings. The molecule has 9 heteroatoms. The van der Waals surface area contributed by atoms with E-state index < -0.39 is 0 Å². The van der Waals surface area contributed by atoms with Crippen molar-refractivity contribution >= 4 is 41.5 Å². The highest BCUT2D eigenvalue weighted by Crippen LogP contribution is 2.39. The summed E-state index contributed by atoms with van der Waals surface area (Å²) >= 11 is 5.89. The lowest BCUT2D eigenvalue weighted by molar-refractivity contribution is 0.281. The minimum absolute atomic E-state index is 0. The monoisotopic (exact) mass is 563 g/mol. The number of rotatable bonds is 10. The van der Waals surface area contributed by atoms with Crippen molar-refractivity contribution in [2.24, 2.45) is 4.99 Å². The van der Waals surface area contributed by atoms with Gasteiger partial charge >= 0.3 is 0 Å². The summed E-state index contributed by atoms with van der Waals surface area (Å²) in [5, 5.41) is 4.06. The van der Waals surface area contributed by atoms with Gasteiger partial charge in [-0.05, 0) is 36.8 Å². The summed E-state index contributed by atoms with van der Waals surface area (Å²) in [7, 11) is 8.56. The molecule has 0 atom stereocenters. The van der Waals surface area contributed by atoms with Crippen molar-refractivity contribution in [3.05, 3.63) is 47.0 Å². The number of halogens is 2. The number of aliphatic imine (C=N–C) groups is 1. The van der Waals surface area contributed by atoms with Crippen LogP contribution in [0.2, 0.25) is 5.02 Å². The van der Waals surface area contributed by atoms with E-state index in [-0.39, 0.29) is 24.0 Å². The van der Waals surface area contributed by atoms with Crippen LogP contribution in [0.3, 0.4) is 0 Å². The van der Waals surface area contributed by atoms with Crippen LogP contribution in [0, 0.1) is 0 Å². The Morgan fingerprint density at radius 1 is 1.00 bits per heavy atom. The van der Waals surface area contributed by atoms with Gasteiger partial charge in [0.25, 0.3) is 0 Å². The third-order valence-corrected chi connectivity index (χ3v) is 4.80. The molecular formula is C22H31ClIN3O4. The summed E-state index contributed by atoms with van der Waals surface area (Å²) in [5.41, 5.74) is 1.02. The van der Waals surface area contributed by atoms with Crippen molar-refractivity contribution in [3.63, 3.8) is 0 Å². The third-order valence-electron chi connectivity index (χ3n) is 4.55. The highest BCUT2D eigenvalue weighted by Gasteiger charge is 2.16. The number of methoxy groups -OCH3 is 3. The zero-order valence-corrected chi connectivity index (χ0v) is 21.7. The number of ether oxygens (including phenoxy) is 4. The van der Waals surface area contributed by atoms with Gasteiger partial charge in [0, 0.05) is 31.2 Å². The molecule has 0 spiro atoms. The number of benzene rings is 2. The first-order chi connectivity index (χ1) is 14.5. The Kier molecular flexibility index (Phi) is 12.2. The fourth-order valence-corrected chi connectivity index (χ4v) is 3.12. The maximum absolute atomic E-state index is 5.89. The minimum atomic E-state index is 0. The van der Waals surface area contributed by atoms with Crippen LogP contribution in [0.5, 0.6) is 23.0 Å². The fourth-order valence-electron chi connectivity index (χ4n) is 2.99. The number of hydrogen-bond donors (Lipinski definition) is 1. The Bertz CT molecular complexity index is 834. The van der Waals surface area contributed by atoms with Crippen molar-refractivity contribution in [1.82, 2.24) is 10.2 Å². The molecule has 0 amide bonds. The van der Waals surface area contributed by atoms with E-state index in [1.165, 1.54) is 0 Å². The summed E-state index contributed by atoms with van der Waals surface area (Å²) < 4.78 is 22.1. The average molecular weight is 564 g/mol. The maximum atomic E-state index is 5.89. The van der Waals surface area contributed by atoms with Gasteiger partial charge in [-0.2, -0.15) is 0 Å². The molecule has 0 heterocycles. The molecule has 2 rings (SSSR count). The molecule has 7 nitrogen and oxygen atoms in total. The SMILES string of the molecule is CN=C(NCCc1ccc(OC)c(OC)c1OC)N(C)CCOc1ccc(Cl)cc1.I. The van der Waals surface area contributed by atoms with Gasteiger partial charge in [0.2, 0.25) is 5.75 Å². The molecule has 0 unspecified atom stereocenters. The van der Waals surface area contributed by atoms with Crippen LogP contribution in [-0.2, 0) is 6.42 Å². The molecule has 0 fully saturated rings. The molecule has 0 aliphatic rings. The van der Waals surface area contributed by atoms with Crippen LogP contribution in [-0.4, -0.2) is 66.0 Å². The summed E-state index contributed by atoms with van der Waals surface area (Å²) in [6.07, 6.45) is 0.734. The molecule has 0 aliphatic carbocycles. The lowest BCUT2D eigenvalue weighted by Gasteiger charge is -2.22. The Morgan fingerprint density at radius 2 is 1.68 bits per heavy atom. The van der Waals surface area contributed by atoms with E-state index in [2.05, 4.69) is 10.3 Å². The summed E-state index contributed by atoms with van der Waals surface area (Å²) in [4.78, 5) is 6.36. The molecule has 2 aromatic carbocycles. The Morgan fingerprint density at radius 3 is 2.26 bits per heavy atom. The van der Waals surface area contributed by atoms with Crippen LogP contribution in [0.4, 0.5) is 0 Å². The van der Waals surface area contributed by atoms with Crippen LogP contribution in [0.15, 0.2) is 41.4 Å². The van der Waals surface area contributed by atoms with Crippen molar-refractivity contribution in [2.75, 3.05) is 55.1 Å². The first-order valence-electron chi connectivity index (χ1n) is 9.62. The van der Waals surface area contributed by atoms with Crippen LogP contribution in [0.25, 0.3) is 0 Å². The summed E-state index contributed by atoms with van der Waals surface area (Å²) in [6, 6.07) is 11.2. The van der Waals surface area contributed by atoms with E-state index in [9.17, 15) is 0 Å². The van der Waals surface area contributed by atoms with Crippen LogP contribution >= 0.6 is 35.6 Å². The van der Waals surface area contributed by atoms with E-state index in [0.717, 1.165) is 23.7 Å². The smallest absolute Gasteiger partial charge is 0.203 e. The maximum Gasteiger partial charge on any atom is 0.203 e. The largest absolute Gasteiger partial charge is 0.493 e.